The summed E-state index contributed by atoms with van der Waals surface area (Å²) in [4.78, 5) is 13.5. The highest BCUT2D eigenvalue weighted by Crippen LogP contribution is 2.08. The summed E-state index contributed by atoms with van der Waals surface area (Å²) in [5.41, 5.74) is 0. The monoisotopic (exact) mass is 169 g/mol. The Kier molecular flexibility index (Phi) is 8.04. The zero-order chi connectivity index (χ0) is 9.23. The van der Waals surface area contributed by atoms with Crippen molar-refractivity contribution in [3.8, 4) is 0 Å². The van der Waals surface area contributed by atoms with Gasteiger partial charge in [-0.25, -0.2) is 9.79 Å². The van der Waals surface area contributed by atoms with Crippen LogP contribution >= 0.6 is 0 Å². The van der Waals surface area contributed by atoms with E-state index in [-0.39, 0.29) is 6.04 Å². The van der Waals surface area contributed by atoms with Crippen LogP contribution in [-0.4, -0.2) is 12.1 Å². The number of hydrogen-bond donors (Lipinski definition) is 0. The lowest BCUT2D eigenvalue weighted by Crippen LogP contribution is -1.96. The van der Waals surface area contributed by atoms with Crippen LogP contribution in [0.2, 0.25) is 0 Å². The van der Waals surface area contributed by atoms with Crippen molar-refractivity contribution in [1.29, 1.82) is 0 Å². The molecule has 0 N–H and O–H groups in total. The van der Waals surface area contributed by atoms with Crippen molar-refractivity contribution in [2.45, 2.75) is 58.4 Å². The second-order valence-corrected chi connectivity index (χ2v) is 3.27. The molecule has 0 aromatic heterocycles. The average Bonchev–Trinajstić information content (AvgIpc) is 2.05. The Morgan fingerprint density at radius 3 is 2.50 bits per heavy atom. The number of unbranched alkanes of at least 4 members (excludes halogenated alkanes) is 4. The third kappa shape index (κ3) is 7.49. The van der Waals surface area contributed by atoms with Gasteiger partial charge in [-0.05, 0) is 13.3 Å². The third-order valence-electron chi connectivity index (χ3n) is 2.00. The van der Waals surface area contributed by atoms with Gasteiger partial charge in [-0.3, -0.25) is 0 Å². The first kappa shape index (κ1) is 11.4. The standard InChI is InChI=1S/C10H19NO/c1-3-4-5-6-7-8-10(2)11-9-12/h10H,3-8H2,1-2H3. The number of carbonyl (C=O) groups excluding carboxylic acids is 1. The molecular formula is C10H19NO. The molecule has 1 atom stereocenters. The van der Waals surface area contributed by atoms with Crippen LogP contribution in [0.15, 0.2) is 4.99 Å². The molecule has 12 heavy (non-hydrogen) atoms. The van der Waals surface area contributed by atoms with Crippen LogP contribution in [-0.2, 0) is 4.79 Å². The van der Waals surface area contributed by atoms with Crippen molar-refractivity contribution in [1.82, 2.24) is 0 Å². The average molecular weight is 169 g/mol. The zero-order valence-corrected chi connectivity index (χ0v) is 8.18. The highest BCUT2D eigenvalue weighted by atomic mass is 16.1. The maximum atomic E-state index is 9.86. The minimum atomic E-state index is 0.170. The van der Waals surface area contributed by atoms with Crippen molar-refractivity contribution in [2.75, 3.05) is 0 Å². The second-order valence-electron chi connectivity index (χ2n) is 3.27. The summed E-state index contributed by atoms with van der Waals surface area (Å²) in [5.74, 6) is 0. The molecule has 0 aromatic carbocycles. The van der Waals surface area contributed by atoms with Crippen molar-refractivity contribution in [3.63, 3.8) is 0 Å². The van der Waals surface area contributed by atoms with E-state index in [1.807, 2.05) is 6.92 Å². The fraction of sp³-hybridized carbons (Fsp3) is 0.900. The number of hydrogen-bond acceptors (Lipinski definition) is 2. The predicted molar refractivity (Wildman–Crippen MR) is 51.0 cm³/mol. The topological polar surface area (TPSA) is 29.4 Å². The lowest BCUT2D eigenvalue weighted by molar-refractivity contribution is 0.541. The highest BCUT2D eigenvalue weighted by Gasteiger charge is 1.97. The molecule has 0 rings (SSSR count). The van der Waals surface area contributed by atoms with Crippen LogP contribution in [0, 0.1) is 0 Å². The highest BCUT2D eigenvalue weighted by molar-refractivity contribution is 5.33. The smallest absolute Gasteiger partial charge is 0.211 e. The first-order chi connectivity index (χ1) is 5.81. The number of nitrogens with zero attached hydrogens (tertiary/aromatic N) is 1. The summed E-state index contributed by atoms with van der Waals surface area (Å²) in [6, 6.07) is 0.170. The summed E-state index contributed by atoms with van der Waals surface area (Å²) >= 11 is 0. The van der Waals surface area contributed by atoms with Crippen molar-refractivity contribution in [3.05, 3.63) is 0 Å². The molecule has 0 aliphatic carbocycles. The normalized spacial score (nSPS) is 12.2. The molecule has 2 nitrogen and oxygen atoms in total. The van der Waals surface area contributed by atoms with Crippen LogP contribution in [0.3, 0.4) is 0 Å². The quantitative estimate of drug-likeness (QED) is 0.327. The van der Waals surface area contributed by atoms with E-state index < -0.39 is 0 Å². The maximum absolute atomic E-state index is 9.86. The van der Waals surface area contributed by atoms with Gasteiger partial charge >= 0.3 is 0 Å². The molecule has 0 aliphatic rings. The molecule has 0 amide bonds. The van der Waals surface area contributed by atoms with E-state index >= 15 is 0 Å². The minimum absolute atomic E-state index is 0.170. The Labute approximate surface area is 75.1 Å². The third-order valence-corrected chi connectivity index (χ3v) is 2.00. The first-order valence-electron chi connectivity index (χ1n) is 4.88. The molecule has 0 bridgehead atoms. The Morgan fingerprint density at radius 1 is 1.25 bits per heavy atom. The van der Waals surface area contributed by atoms with Gasteiger partial charge in [0, 0.05) is 0 Å². The Bertz CT molecular complexity index is 139. The predicted octanol–water partition coefficient (Wildman–Crippen LogP) is 3.07. The van der Waals surface area contributed by atoms with Gasteiger partial charge in [-0.1, -0.05) is 39.0 Å². The van der Waals surface area contributed by atoms with Gasteiger partial charge in [0.2, 0.25) is 6.08 Å². The molecule has 0 fully saturated rings. The summed E-state index contributed by atoms with van der Waals surface area (Å²) in [5, 5.41) is 0. The summed E-state index contributed by atoms with van der Waals surface area (Å²) in [6.45, 7) is 4.17. The number of aliphatic imine (C=N–C) groups is 1. The second kappa shape index (κ2) is 8.48. The Balaban J connectivity index is 3.13. The number of isocyanates is 1. The minimum Gasteiger partial charge on any atom is -0.211 e. The SMILES string of the molecule is CCCCCCCC(C)N=C=O. The van der Waals surface area contributed by atoms with E-state index in [0.717, 1.165) is 6.42 Å². The van der Waals surface area contributed by atoms with Crippen LogP contribution in [0.5, 0.6) is 0 Å². The van der Waals surface area contributed by atoms with Gasteiger partial charge in [-0.2, -0.15) is 0 Å². The molecule has 1 unspecified atom stereocenters. The van der Waals surface area contributed by atoms with Gasteiger partial charge < -0.3 is 0 Å². The van der Waals surface area contributed by atoms with Crippen LogP contribution in [0.25, 0.3) is 0 Å². The van der Waals surface area contributed by atoms with E-state index in [0.29, 0.717) is 0 Å². The van der Waals surface area contributed by atoms with Gasteiger partial charge in [-0.15, -0.1) is 0 Å². The van der Waals surface area contributed by atoms with E-state index in [1.165, 1.54) is 32.1 Å². The molecule has 0 saturated heterocycles. The fourth-order valence-electron chi connectivity index (χ4n) is 1.20. The molecule has 70 valence electrons. The molecular weight excluding hydrogens is 150 g/mol. The lowest BCUT2D eigenvalue weighted by Gasteiger charge is -2.02. The molecule has 0 aliphatic heterocycles. The first-order valence-corrected chi connectivity index (χ1v) is 4.88. The van der Waals surface area contributed by atoms with E-state index in [4.69, 9.17) is 0 Å². The van der Waals surface area contributed by atoms with E-state index in [1.54, 1.807) is 6.08 Å². The van der Waals surface area contributed by atoms with Crippen molar-refractivity contribution < 1.29 is 4.79 Å². The summed E-state index contributed by atoms with van der Waals surface area (Å²) in [6.07, 6.45) is 9.00. The molecule has 0 aromatic rings. The van der Waals surface area contributed by atoms with Gasteiger partial charge in [0.15, 0.2) is 0 Å². The molecule has 0 radical (unpaired) electrons. The van der Waals surface area contributed by atoms with Gasteiger partial charge in [0.1, 0.15) is 0 Å². The Hall–Kier alpha value is -0.620. The Morgan fingerprint density at radius 2 is 1.92 bits per heavy atom. The zero-order valence-electron chi connectivity index (χ0n) is 8.18. The van der Waals surface area contributed by atoms with E-state index in [2.05, 4.69) is 11.9 Å². The maximum Gasteiger partial charge on any atom is 0.235 e. The molecule has 0 spiro atoms. The van der Waals surface area contributed by atoms with E-state index in [9.17, 15) is 4.79 Å². The number of rotatable bonds is 7. The van der Waals surface area contributed by atoms with Crippen LogP contribution in [0.4, 0.5) is 0 Å². The largest absolute Gasteiger partial charge is 0.235 e. The summed E-state index contributed by atoms with van der Waals surface area (Å²) < 4.78 is 0. The van der Waals surface area contributed by atoms with Crippen LogP contribution in [0.1, 0.15) is 52.4 Å². The lowest BCUT2D eigenvalue weighted by atomic mass is 10.1. The molecule has 0 heterocycles. The van der Waals surface area contributed by atoms with Crippen molar-refractivity contribution in [2.24, 2.45) is 4.99 Å². The van der Waals surface area contributed by atoms with Crippen LogP contribution < -0.4 is 0 Å². The van der Waals surface area contributed by atoms with Crippen molar-refractivity contribution >= 4 is 6.08 Å². The molecule has 2 heteroatoms. The molecule has 0 saturated carbocycles. The van der Waals surface area contributed by atoms with Gasteiger partial charge in [0.05, 0.1) is 6.04 Å². The van der Waals surface area contributed by atoms with Gasteiger partial charge in [0.25, 0.3) is 0 Å². The fourth-order valence-corrected chi connectivity index (χ4v) is 1.20. The summed E-state index contributed by atoms with van der Waals surface area (Å²) in [7, 11) is 0.